The summed E-state index contributed by atoms with van der Waals surface area (Å²) in [5, 5.41) is 10.2. The van der Waals surface area contributed by atoms with E-state index in [4.69, 9.17) is 0 Å². The summed E-state index contributed by atoms with van der Waals surface area (Å²) in [6.45, 7) is 0. The van der Waals surface area contributed by atoms with Crippen molar-refractivity contribution in [3.8, 4) is 6.07 Å². The van der Waals surface area contributed by atoms with Gasteiger partial charge in [-0.1, -0.05) is 24.3 Å². The summed E-state index contributed by atoms with van der Waals surface area (Å²) in [5.74, 6) is -0.384. The third-order valence-electron chi connectivity index (χ3n) is 3.04. The predicted molar refractivity (Wildman–Crippen MR) is 85.8 cm³/mol. The van der Waals surface area contributed by atoms with Crippen molar-refractivity contribution in [2.24, 2.45) is 0 Å². The van der Waals surface area contributed by atoms with E-state index in [0.717, 1.165) is 4.70 Å². The minimum atomic E-state index is -0.384. The fourth-order valence-electron chi connectivity index (χ4n) is 2.03. The second-order valence-electron chi connectivity index (χ2n) is 4.55. The fraction of sp³-hybridized carbons (Fsp3) is 0. The monoisotopic (exact) mass is 308 g/mol. The summed E-state index contributed by atoms with van der Waals surface area (Å²) in [5.41, 5.74) is 0.411. The van der Waals surface area contributed by atoms with Crippen molar-refractivity contribution >= 4 is 33.1 Å². The molecule has 3 aromatic rings. The molecule has 0 amide bonds. The Labute approximate surface area is 129 Å². The molecule has 0 unspecified atom stereocenters. The summed E-state index contributed by atoms with van der Waals surface area (Å²) < 4.78 is 14.0. The Balaban J connectivity index is 2.16. The minimum Gasteiger partial charge on any atom is -0.267 e. The van der Waals surface area contributed by atoms with Crippen LogP contribution in [0.25, 0.3) is 21.7 Å². The standard InChI is InChI=1S/C17H9FN2OS/c18-13-5-3-4-11(9-13)8-12(10-19)17-20-16(21)14-6-1-2-7-15(14)22-17/h1-9H. The first-order valence-corrected chi connectivity index (χ1v) is 7.26. The van der Waals surface area contributed by atoms with Gasteiger partial charge in [-0.25, -0.2) is 4.39 Å². The average Bonchev–Trinajstić information content (AvgIpc) is 2.52. The summed E-state index contributed by atoms with van der Waals surface area (Å²) in [6, 6.07) is 15.0. The van der Waals surface area contributed by atoms with Crippen LogP contribution in [0.1, 0.15) is 10.6 Å². The van der Waals surface area contributed by atoms with Gasteiger partial charge < -0.3 is 0 Å². The first-order chi connectivity index (χ1) is 10.7. The van der Waals surface area contributed by atoms with Gasteiger partial charge in [0.05, 0.1) is 11.0 Å². The van der Waals surface area contributed by atoms with Gasteiger partial charge in [0.25, 0.3) is 5.56 Å². The highest BCUT2D eigenvalue weighted by Crippen LogP contribution is 2.24. The lowest BCUT2D eigenvalue weighted by atomic mass is 10.1. The Kier molecular flexibility index (Phi) is 3.77. The summed E-state index contributed by atoms with van der Waals surface area (Å²) >= 11 is 1.26. The molecule has 0 fully saturated rings. The Morgan fingerprint density at radius 3 is 2.82 bits per heavy atom. The summed E-state index contributed by atoms with van der Waals surface area (Å²) in [6.07, 6.45) is 1.52. The van der Waals surface area contributed by atoms with Crippen molar-refractivity contribution in [2.45, 2.75) is 0 Å². The molecule has 3 rings (SSSR count). The molecule has 0 bridgehead atoms. The molecule has 0 aliphatic heterocycles. The molecule has 3 nitrogen and oxygen atoms in total. The van der Waals surface area contributed by atoms with Crippen LogP contribution in [0.2, 0.25) is 0 Å². The molecule has 2 aromatic carbocycles. The van der Waals surface area contributed by atoms with E-state index in [9.17, 15) is 14.4 Å². The number of aromatic nitrogens is 1. The SMILES string of the molecule is N#CC(=Cc1cccc(F)c1)c1nc(=O)c2ccccc2s1. The van der Waals surface area contributed by atoms with E-state index in [0.29, 0.717) is 16.0 Å². The quantitative estimate of drug-likeness (QED) is 0.675. The molecular formula is C17H9FN2OS. The smallest absolute Gasteiger partial charge is 0.267 e. The maximum absolute atomic E-state index is 13.2. The molecule has 0 spiro atoms. The van der Waals surface area contributed by atoms with Crippen molar-refractivity contribution in [3.63, 3.8) is 0 Å². The molecule has 106 valence electrons. The van der Waals surface area contributed by atoms with Crippen LogP contribution in [0.5, 0.6) is 0 Å². The van der Waals surface area contributed by atoms with Gasteiger partial charge in [-0.2, -0.15) is 10.2 Å². The van der Waals surface area contributed by atoms with Crippen LogP contribution >= 0.6 is 11.3 Å². The first kappa shape index (κ1) is 14.1. The highest BCUT2D eigenvalue weighted by Gasteiger charge is 2.09. The lowest BCUT2D eigenvalue weighted by molar-refractivity contribution is 0.627. The van der Waals surface area contributed by atoms with E-state index in [-0.39, 0.29) is 16.9 Å². The van der Waals surface area contributed by atoms with Gasteiger partial charge >= 0.3 is 0 Å². The van der Waals surface area contributed by atoms with E-state index in [1.165, 1.54) is 29.5 Å². The lowest BCUT2D eigenvalue weighted by Crippen LogP contribution is -2.07. The predicted octanol–water partition coefficient (Wildman–Crippen LogP) is 3.86. The van der Waals surface area contributed by atoms with Gasteiger partial charge in [-0.15, -0.1) is 11.3 Å². The van der Waals surface area contributed by atoms with Gasteiger partial charge in [-0.3, -0.25) is 4.79 Å². The largest absolute Gasteiger partial charge is 0.279 e. The van der Waals surface area contributed by atoms with Crippen LogP contribution in [0.3, 0.4) is 0 Å². The van der Waals surface area contributed by atoms with E-state index < -0.39 is 0 Å². The third kappa shape index (κ3) is 2.78. The Bertz CT molecular complexity index is 986. The molecule has 0 atom stereocenters. The third-order valence-corrected chi connectivity index (χ3v) is 4.12. The van der Waals surface area contributed by atoms with E-state index >= 15 is 0 Å². The summed E-state index contributed by atoms with van der Waals surface area (Å²) in [7, 11) is 0. The molecule has 0 saturated heterocycles. The van der Waals surface area contributed by atoms with Crippen molar-refractivity contribution in [2.75, 3.05) is 0 Å². The van der Waals surface area contributed by atoms with Crippen molar-refractivity contribution in [1.82, 2.24) is 4.98 Å². The van der Waals surface area contributed by atoms with E-state index in [1.54, 1.807) is 24.3 Å². The molecule has 0 aliphatic rings. The van der Waals surface area contributed by atoms with Crippen LogP contribution in [0.15, 0.2) is 53.3 Å². The van der Waals surface area contributed by atoms with Crippen LogP contribution in [-0.2, 0) is 0 Å². The number of nitrogens with zero attached hydrogens (tertiary/aromatic N) is 2. The Morgan fingerprint density at radius 1 is 1.23 bits per heavy atom. The van der Waals surface area contributed by atoms with Crippen LogP contribution in [-0.4, -0.2) is 4.98 Å². The maximum atomic E-state index is 13.2. The molecule has 1 aromatic heterocycles. The molecule has 0 saturated carbocycles. The molecule has 5 heteroatoms. The summed E-state index contributed by atoms with van der Waals surface area (Å²) in [4.78, 5) is 16.0. The fourth-order valence-corrected chi connectivity index (χ4v) is 3.00. The number of fused-ring (bicyclic) bond motifs is 1. The van der Waals surface area contributed by atoms with E-state index in [2.05, 4.69) is 4.98 Å². The molecule has 1 heterocycles. The highest BCUT2D eigenvalue weighted by atomic mass is 32.1. The number of hydrogen-bond acceptors (Lipinski definition) is 4. The number of halogens is 1. The number of benzene rings is 2. The van der Waals surface area contributed by atoms with Gasteiger partial charge in [-0.05, 0) is 35.9 Å². The van der Waals surface area contributed by atoms with Crippen molar-refractivity contribution in [1.29, 1.82) is 5.26 Å². The average molecular weight is 308 g/mol. The number of rotatable bonds is 2. The molecule has 0 aliphatic carbocycles. The Morgan fingerprint density at radius 2 is 2.05 bits per heavy atom. The molecule has 0 N–H and O–H groups in total. The minimum absolute atomic E-state index is 0.235. The normalized spacial score (nSPS) is 11.4. The lowest BCUT2D eigenvalue weighted by Gasteiger charge is -2.00. The van der Waals surface area contributed by atoms with Crippen LogP contribution in [0, 0.1) is 17.1 Å². The molecule has 22 heavy (non-hydrogen) atoms. The zero-order valence-electron chi connectivity index (χ0n) is 11.3. The highest BCUT2D eigenvalue weighted by molar-refractivity contribution is 7.19. The molecular weight excluding hydrogens is 299 g/mol. The number of nitriles is 1. The van der Waals surface area contributed by atoms with Crippen LogP contribution < -0.4 is 5.56 Å². The van der Waals surface area contributed by atoms with Gasteiger partial charge in [0, 0.05) is 4.70 Å². The molecule has 0 radical (unpaired) electrons. The van der Waals surface area contributed by atoms with Crippen LogP contribution in [0.4, 0.5) is 4.39 Å². The second-order valence-corrected chi connectivity index (χ2v) is 5.58. The van der Waals surface area contributed by atoms with Crippen molar-refractivity contribution in [3.05, 3.63) is 75.3 Å². The van der Waals surface area contributed by atoms with E-state index in [1.807, 2.05) is 18.2 Å². The topological polar surface area (TPSA) is 53.8 Å². The van der Waals surface area contributed by atoms with Gasteiger partial charge in [0.2, 0.25) is 0 Å². The zero-order valence-corrected chi connectivity index (χ0v) is 12.1. The zero-order chi connectivity index (χ0) is 15.5. The van der Waals surface area contributed by atoms with Gasteiger partial charge in [0.15, 0.2) is 0 Å². The number of hydrogen-bond donors (Lipinski definition) is 0. The van der Waals surface area contributed by atoms with Gasteiger partial charge in [0.1, 0.15) is 16.9 Å². The van der Waals surface area contributed by atoms with Crippen molar-refractivity contribution < 1.29 is 4.39 Å². The second kappa shape index (κ2) is 5.88. The maximum Gasteiger partial charge on any atom is 0.279 e. The first-order valence-electron chi connectivity index (χ1n) is 6.45. The Hall–Kier alpha value is -2.84. The number of allylic oxidation sites excluding steroid dienone is 1.